The van der Waals surface area contributed by atoms with Crippen LogP contribution in [0.5, 0.6) is 5.75 Å². The fourth-order valence-corrected chi connectivity index (χ4v) is 3.76. The molecular formula is C24H32N2O3S. The third-order valence-electron chi connectivity index (χ3n) is 5.02. The third kappa shape index (κ3) is 7.41. The van der Waals surface area contributed by atoms with Crippen molar-refractivity contribution in [3.05, 3.63) is 65.7 Å². The maximum absolute atomic E-state index is 13.1. The number of carbonyl (C=O) groups excluding carboxylic acids is 2. The van der Waals surface area contributed by atoms with Gasteiger partial charge in [0.25, 0.3) is 0 Å². The van der Waals surface area contributed by atoms with Gasteiger partial charge in [0, 0.05) is 18.3 Å². The molecule has 1 N–H and O–H groups in total. The molecule has 6 heteroatoms. The molecule has 0 radical (unpaired) electrons. The molecule has 162 valence electrons. The highest BCUT2D eigenvalue weighted by Gasteiger charge is 2.26. The quantitative estimate of drug-likeness (QED) is 0.581. The van der Waals surface area contributed by atoms with Gasteiger partial charge in [0.15, 0.2) is 0 Å². The van der Waals surface area contributed by atoms with Gasteiger partial charge < -0.3 is 15.0 Å². The SMILES string of the molecule is CCC(C)NC(=O)C(C)N(Cc1ccc(OC)cc1)C(=O)CSCc1ccccc1. The smallest absolute Gasteiger partial charge is 0.242 e. The summed E-state index contributed by atoms with van der Waals surface area (Å²) in [6.45, 7) is 6.16. The molecule has 2 aromatic rings. The Balaban J connectivity index is 2.07. The Morgan fingerprint density at radius 3 is 2.30 bits per heavy atom. The molecule has 0 bridgehead atoms. The highest BCUT2D eigenvalue weighted by molar-refractivity contribution is 7.99. The minimum Gasteiger partial charge on any atom is -0.497 e. The summed E-state index contributed by atoms with van der Waals surface area (Å²) in [4.78, 5) is 27.4. The number of hydrogen-bond donors (Lipinski definition) is 1. The van der Waals surface area contributed by atoms with E-state index in [1.165, 1.54) is 5.56 Å². The highest BCUT2D eigenvalue weighted by atomic mass is 32.2. The van der Waals surface area contributed by atoms with Crippen molar-refractivity contribution in [2.24, 2.45) is 0 Å². The number of hydrogen-bond acceptors (Lipinski definition) is 4. The maximum Gasteiger partial charge on any atom is 0.242 e. The normalized spacial score (nSPS) is 12.7. The van der Waals surface area contributed by atoms with Crippen molar-refractivity contribution < 1.29 is 14.3 Å². The number of ether oxygens (including phenoxy) is 1. The molecule has 2 amide bonds. The first-order chi connectivity index (χ1) is 14.4. The summed E-state index contributed by atoms with van der Waals surface area (Å²) < 4.78 is 5.21. The van der Waals surface area contributed by atoms with Gasteiger partial charge in [-0.3, -0.25) is 9.59 Å². The van der Waals surface area contributed by atoms with Gasteiger partial charge in [0.05, 0.1) is 12.9 Å². The van der Waals surface area contributed by atoms with Crippen LogP contribution >= 0.6 is 11.8 Å². The highest BCUT2D eigenvalue weighted by Crippen LogP contribution is 2.18. The van der Waals surface area contributed by atoms with Gasteiger partial charge in [-0.2, -0.15) is 0 Å². The van der Waals surface area contributed by atoms with E-state index in [1.807, 2.05) is 56.3 Å². The molecule has 2 rings (SSSR count). The molecule has 0 aliphatic rings. The van der Waals surface area contributed by atoms with E-state index in [9.17, 15) is 9.59 Å². The van der Waals surface area contributed by atoms with E-state index in [1.54, 1.807) is 30.7 Å². The van der Waals surface area contributed by atoms with Crippen LogP contribution in [0.1, 0.15) is 38.3 Å². The zero-order valence-corrected chi connectivity index (χ0v) is 19.1. The summed E-state index contributed by atoms with van der Waals surface area (Å²) in [5.41, 5.74) is 2.14. The molecule has 2 aromatic carbocycles. The number of benzene rings is 2. The van der Waals surface area contributed by atoms with E-state index in [0.29, 0.717) is 12.3 Å². The minimum absolute atomic E-state index is 0.0430. The molecule has 30 heavy (non-hydrogen) atoms. The Morgan fingerprint density at radius 2 is 1.70 bits per heavy atom. The van der Waals surface area contributed by atoms with Crippen molar-refractivity contribution in [1.29, 1.82) is 0 Å². The third-order valence-corrected chi connectivity index (χ3v) is 6.01. The first-order valence-electron chi connectivity index (χ1n) is 10.3. The number of thioether (sulfide) groups is 1. The van der Waals surface area contributed by atoms with Gasteiger partial charge in [-0.15, -0.1) is 11.8 Å². The number of carbonyl (C=O) groups is 2. The van der Waals surface area contributed by atoms with Crippen molar-refractivity contribution in [2.75, 3.05) is 12.9 Å². The monoisotopic (exact) mass is 428 g/mol. The van der Waals surface area contributed by atoms with Gasteiger partial charge in [-0.25, -0.2) is 0 Å². The molecule has 0 saturated heterocycles. The van der Waals surface area contributed by atoms with Gasteiger partial charge in [-0.05, 0) is 43.5 Å². The first kappa shape index (κ1) is 23.8. The van der Waals surface area contributed by atoms with Crippen molar-refractivity contribution in [3.8, 4) is 5.75 Å². The molecular weight excluding hydrogens is 396 g/mol. The van der Waals surface area contributed by atoms with Crippen LogP contribution in [0.25, 0.3) is 0 Å². The van der Waals surface area contributed by atoms with Crippen LogP contribution < -0.4 is 10.1 Å². The number of nitrogens with one attached hydrogen (secondary N) is 1. The summed E-state index contributed by atoms with van der Waals surface area (Å²) in [6.07, 6.45) is 0.845. The second-order valence-corrected chi connectivity index (χ2v) is 8.33. The molecule has 2 unspecified atom stereocenters. The Labute approximate surface area is 184 Å². The molecule has 0 heterocycles. The Kier molecular flexibility index (Phi) is 9.74. The van der Waals surface area contributed by atoms with Crippen LogP contribution in [0.2, 0.25) is 0 Å². The lowest BCUT2D eigenvalue weighted by Crippen LogP contribution is -2.50. The molecule has 5 nitrogen and oxygen atoms in total. The standard InChI is InChI=1S/C24H32N2O3S/c1-5-18(2)25-24(28)19(3)26(15-20-11-13-22(29-4)14-12-20)23(27)17-30-16-21-9-7-6-8-10-21/h6-14,18-19H,5,15-17H2,1-4H3,(H,25,28). The minimum atomic E-state index is -0.550. The fourth-order valence-electron chi connectivity index (χ4n) is 2.89. The van der Waals surface area contributed by atoms with E-state index in [4.69, 9.17) is 4.74 Å². The summed E-state index contributed by atoms with van der Waals surface area (Å²) in [5, 5.41) is 2.99. The second-order valence-electron chi connectivity index (χ2n) is 7.34. The lowest BCUT2D eigenvalue weighted by atomic mass is 10.1. The fraction of sp³-hybridized carbons (Fsp3) is 0.417. The Hall–Kier alpha value is -2.47. The van der Waals surface area contributed by atoms with E-state index in [-0.39, 0.29) is 17.9 Å². The predicted molar refractivity (Wildman–Crippen MR) is 124 cm³/mol. The van der Waals surface area contributed by atoms with E-state index >= 15 is 0 Å². The van der Waals surface area contributed by atoms with E-state index < -0.39 is 6.04 Å². The van der Waals surface area contributed by atoms with Crippen molar-refractivity contribution >= 4 is 23.6 Å². The van der Waals surface area contributed by atoms with E-state index in [0.717, 1.165) is 23.5 Å². The van der Waals surface area contributed by atoms with Crippen molar-refractivity contribution in [1.82, 2.24) is 10.2 Å². The summed E-state index contributed by atoms with van der Waals surface area (Å²) in [7, 11) is 1.62. The molecule has 0 aromatic heterocycles. The maximum atomic E-state index is 13.1. The molecule has 0 saturated carbocycles. The molecule has 2 atom stereocenters. The summed E-state index contributed by atoms with van der Waals surface area (Å²) in [6, 6.07) is 17.2. The molecule has 0 aliphatic carbocycles. The summed E-state index contributed by atoms with van der Waals surface area (Å²) >= 11 is 1.56. The zero-order valence-electron chi connectivity index (χ0n) is 18.3. The topological polar surface area (TPSA) is 58.6 Å². The van der Waals surface area contributed by atoms with Crippen LogP contribution in [-0.2, 0) is 21.9 Å². The zero-order chi connectivity index (χ0) is 21.9. The van der Waals surface area contributed by atoms with E-state index in [2.05, 4.69) is 17.4 Å². The Bertz CT molecular complexity index is 796. The first-order valence-corrected chi connectivity index (χ1v) is 11.4. The number of rotatable bonds is 11. The number of nitrogens with zero attached hydrogens (tertiary/aromatic N) is 1. The second kappa shape index (κ2) is 12.3. The average molecular weight is 429 g/mol. The van der Waals surface area contributed by atoms with Gasteiger partial charge in [0.1, 0.15) is 11.8 Å². The molecule has 0 fully saturated rings. The van der Waals surface area contributed by atoms with Crippen LogP contribution in [0.4, 0.5) is 0 Å². The van der Waals surface area contributed by atoms with Gasteiger partial charge in [-0.1, -0.05) is 49.4 Å². The summed E-state index contributed by atoms with van der Waals surface area (Å²) in [5.74, 6) is 1.68. The van der Waals surface area contributed by atoms with Gasteiger partial charge in [0.2, 0.25) is 11.8 Å². The van der Waals surface area contributed by atoms with Crippen LogP contribution in [0.3, 0.4) is 0 Å². The molecule has 0 spiro atoms. The average Bonchev–Trinajstić information content (AvgIpc) is 2.77. The number of amides is 2. The van der Waals surface area contributed by atoms with Gasteiger partial charge >= 0.3 is 0 Å². The largest absolute Gasteiger partial charge is 0.497 e. The predicted octanol–water partition coefficient (Wildman–Crippen LogP) is 4.26. The lowest BCUT2D eigenvalue weighted by Gasteiger charge is -2.29. The number of methoxy groups -OCH3 is 1. The van der Waals surface area contributed by atoms with Crippen LogP contribution in [0.15, 0.2) is 54.6 Å². The van der Waals surface area contributed by atoms with Crippen LogP contribution in [0, 0.1) is 0 Å². The molecule has 0 aliphatic heterocycles. The Morgan fingerprint density at radius 1 is 1.03 bits per heavy atom. The lowest BCUT2D eigenvalue weighted by molar-refractivity contribution is -0.138. The van der Waals surface area contributed by atoms with Crippen molar-refractivity contribution in [3.63, 3.8) is 0 Å². The van der Waals surface area contributed by atoms with Crippen LogP contribution in [-0.4, -0.2) is 41.7 Å². The van der Waals surface area contributed by atoms with Crippen molar-refractivity contribution in [2.45, 2.75) is 51.6 Å².